The maximum atomic E-state index is 10.7. The minimum absolute atomic E-state index is 0.178. The molecule has 5 heteroatoms. The molecule has 0 radical (unpaired) electrons. The van der Waals surface area contributed by atoms with Crippen LogP contribution in [0.25, 0.3) is 0 Å². The van der Waals surface area contributed by atoms with Crippen LogP contribution >= 0.6 is 0 Å². The van der Waals surface area contributed by atoms with Gasteiger partial charge in [-0.25, -0.2) is 4.79 Å². The van der Waals surface area contributed by atoms with E-state index in [2.05, 4.69) is 0 Å². The molecule has 0 aromatic heterocycles. The van der Waals surface area contributed by atoms with Crippen molar-refractivity contribution in [3.8, 4) is 5.75 Å². The van der Waals surface area contributed by atoms with Crippen LogP contribution in [0.4, 0.5) is 0 Å². The zero-order valence-electron chi connectivity index (χ0n) is 9.35. The molecule has 0 unspecified atom stereocenters. The molecule has 0 amide bonds. The van der Waals surface area contributed by atoms with Gasteiger partial charge in [0.25, 0.3) is 0 Å². The number of rotatable bonds is 2. The van der Waals surface area contributed by atoms with Crippen LogP contribution in [0.5, 0.6) is 5.75 Å². The third-order valence-electron chi connectivity index (χ3n) is 1.99. The maximum absolute atomic E-state index is 10.7. The van der Waals surface area contributed by atoms with Crippen molar-refractivity contribution in [1.82, 2.24) is 0 Å². The predicted molar refractivity (Wildman–Crippen MR) is 68.9 cm³/mol. The van der Waals surface area contributed by atoms with Crippen molar-refractivity contribution in [3.63, 3.8) is 0 Å². The average molecular weight is 264 g/mol. The second-order valence-corrected chi connectivity index (χ2v) is 3.95. The highest BCUT2D eigenvalue weighted by molar-refractivity contribution is 7.72. The van der Waals surface area contributed by atoms with E-state index in [1.165, 1.54) is 24.3 Å². The molecule has 2 rings (SSSR count). The van der Waals surface area contributed by atoms with Crippen molar-refractivity contribution in [2.45, 2.75) is 4.90 Å². The molecule has 0 atom stereocenters. The molecular weight excluding hydrogens is 252 g/mol. The normalized spacial score (nSPS) is 9.17. The second kappa shape index (κ2) is 7.37. The molecule has 2 aromatic carbocycles. The molecule has 0 fully saturated rings. The molecule has 0 saturated carbocycles. The number of para-hydroxylation sites is 1. The van der Waals surface area contributed by atoms with Gasteiger partial charge in [-0.15, -0.1) is 0 Å². The van der Waals surface area contributed by atoms with Crippen molar-refractivity contribution < 1.29 is 19.6 Å². The third kappa shape index (κ3) is 4.48. The van der Waals surface area contributed by atoms with E-state index in [-0.39, 0.29) is 5.56 Å². The first-order chi connectivity index (χ1) is 8.65. The van der Waals surface area contributed by atoms with E-state index in [1.807, 2.05) is 30.3 Å². The van der Waals surface area contributed by atoms with E-state index < -0.39 is 11.7 Å². The van der Waals surface area contributed by atoms with Crippen molar-refractivity contribution in [3.05, 3.63) is 60.2 Å². The number of benzene rings is 2. The van der Waals surface area contributed by atoms with Crippen LogP contribution in [0.3, 0.4) is 0 Å². The van der Waals surface area contributed by atoms with Crippen LogP contribution in [-0.4, -0.2) is 15.6 Å². The van der Waals surface area contributed by atoms with Gasteiger partial charge in [-0.05, 0) is 18.2 Å². The molecule has 18 heavy (non-hydrogen) atoms. The highest BCUT2D eigenvalue weighted by Crippen LogP contribution is 2.10. The van der Waals surface area contributed by atoms with Crippen LogP contribution in [-0.2, 0) is 12.0 Å². The van der Waals surface area contributed by atoms with Crippen LogP contribution in [0, 0.1) is 0 Å². The van der Waals surface area contributed by atoms with Gasteiger partial charge in [-0.1, -0.05) is 42.1 Å². The molecular formula is C13H12O4S. The first-order valence-corrected chi connectivity index (χ1v) is 5.89. The van der Waals surface area contributed by atoms with E-state index in [4.69, 9.17) is 9.66 Å². The summed E-state index contributed by atoms with van der Waals surface area (Å²) in [5.41, 5.74) is -0.178. The summed E-state index contributed by atoms with van der Waals surface area (Å²) in [6, 6.07) is 15.0. The summed E-state index contributed by atoms with van der Waals surface area (Å²) in [6.45, 7) is 0. The fraction of sp³-hybridized carbons (Fsp3) is 0. The summed E-state index contributed by atoms with van der Waals surface area (Å²) in [6.07, 6.45) is 0. The van der Waals surface area contributed by atoms with Crippen LogP contribution < -0.4 is 5.11 Å². The summed E-state index contributed by atoms with van der Waals surface area (Å²) in [4.78, 5) is 11.2. The van der Waals surface area contributed by atoms with Crippen LogP contribution in [0.1, 0.15) is 10.4 Å². The van der Waals surface area contributed by atoms with Crippen molar-refractivity contribution >= 4 is 18.0 Å². The standard InChI is InChI=1S/C7H6O3.C6H6OS/c8-6-4-2-1-3-5(6)7(9)10;7-8-6-4-2-1-3-5-6/h1-4,8H,(H,9,10);1-5,7H. The van der Waals surface area contributed by atoms with Crippen LogP contribution in [0.15, 0.2) is 59.5 Å². The number of carboxylic acid groups (broad SMARTS) is 1. The Hall–Kier alpha value is -1.98. The van der Waals surface area contributed by atoms with Crippen molar-refractivity contribution in [1.29, 1.82) is 0 Å². The van der Waals surface area contributed by atoms with Gasteiger partial charge in [0.05, 0.1) is 5.56 Å². The molecule has 2 N–H and O–H groups in total. The highest BCUT2D eigenvalue weighted by Gasteiger charge is 1.99. The maximum Gasteiger partial charge on any atom is 0.335 e. The van der Waals surface area contributed by atoms with Gasteiger partial charge in [0, 0.05) is 0 Å². The molecule has 0 saturated heterocycles. The Labute approximate surface area is 109 Å². The molecule has 0 spiro atoms. The van der Waals surface area contributed by atoms with E-state index in [1.54, 1.807) is 0 Å². The van der Waals surface area contributed by atoms with E-state index in [0.717, 1.165) is 4.90 Å². The van der Waals surface area contributed by atoms with Gasteiger partial charge in [-0.3, -0.25) is 0 Å². The van der Waals surface area contributed by atoms with E-state index >= 15 is 0 Å². The highest BCUT2D eigenvalue weighted by atomic mass is 32.2. The lowest BCUT2D eigenvalue weighted by Gasteiger charge is -2.07. The van der Waals surface area contributed by atoms with Gasteiger partial charge in [0.1, 0.15) is 0 Å². The Morgan fingerprint density at radius 2 is 1.56 bits per heavy atom. The lowest BCUT2D eigenvalue weighted by atomic mass is 10.2. The minimum atomic E-state index is -1.18. The van der Waals surface area contributed by atoms with Crippen LogP contribution in [0.2, 0.25) is 0 Å². The summed E-state index contributed by atoms with van der Waals surface area (Å²) in [7, 11) is 0. The van der Waals surface area contributed by atoms with Gasteiger partial charge < -0.3 is 10.2 Å². The Bertz CT molecular complexity index is 499. The van der Waals surface area contributed by atoms with E-state index in [9.17, 15) is 9.90 Å². The lowest BCUT2D eigenvalue weighted by molar-refractivity contribution is -0.268. The number of aromatic carboxylic acids is 1. The topological polar surface area (TPSA) is 80.6 Å². The third-order valence-corrected chi connectivity index (χ3v) is 2.52. The first-order valence-electron chi connectivity index (χ1n) is 5.04. The molecule has 4 nitrogen and oxygen atoms in total. The Morgan fingerprint density at radius 1 is 1.00 bits per heavy atom. The molecule has 2 aromatic rings. The number of hydrogen-bond acceptors (Lipinski definition) is 3. The molecule has 0 aliphatic carbocycles. The monoisotopic (exact) mass is 264 g/mol. The first kappa shape index (κ1) is 14.1. The fourth-order valence-corrected chi connectivity index (χ4v) is 1.44. The average Bonchev–Trinajstić information content (AvgIpc) is 2.40. The Morgan fingerprint density at radius 3 is 1.94 bits per heavy atom. The van der Waals surface area contributed by atoms with E-state index in [0.29, 0.717) is 12.0 Å². The molecule has 0 aliphatic rings. The zero-order chi connectivity index (χ0) is 13.4. The summed E-state index contributed by atoms with van der Waals surface area (Å²) < 4.78 is 8.51. The van der Waals surface area contributed by atoms with Gasteiger partial charge >= 0.3 is 5.97 Å². The summed E-state index contributed by atoms with van der Waals surface area (Å²) in [5.74, 6) is -1.62. The zero-order valence-corrected chi connectivity index (χ0v) is 10.2. The summed E-state index contributed by atoms with van der Waals surface area (Å²) in [5, 5.41) is 19.0. The largest absolute Gasteiger partial charge is 0.872 e. The summed E-state index contributed by atoms with van der Waals surface area (Å²) >= 11 is 0.349. The predicted octanol–water partition coefficient (Wildman–Crippen LogP) is 1.79. The smallest absolute Gasteiger partial charge is 0.335 e. The molecule has 0 bridgehead atoms. The van der Waals surface area contributed by atoms with Crippen molar-refractivity contribution in [2.24, 2.45) is 0 Å². The van der Waals surface area contributed by atoms with Gasteiger partial charge in [-0.2, -0.15) is 4.55 Å². The number of carbonyl (C=O) groups is 1. The minimum Gasteiger partial charge on any atom is -0.872 e. The number of thiol groups is 1. The number of carboxylic acids is 1. The quantitative estimate of drug-likeness (QED) is 0.640. The lowest BCUT2D eigenvalue weighted by Crippen LogP contribution is -2.02. The molecule has 0 heterocycles. The SMILES string of the molecule is O=C(O)c1ccccc1[O-].O[SH+]c1ccccc1. The van der Waals surface area contributed by atoms with Crippen molar-refractivity contribution in [2.75, 3.05) is 0 Å². The Balaban J connectivity index is 0.000000184. The second-order valence-electron chi connectivity index (χ2n) is 3.24. The fourth-order valence-electron chi connectivity index (χ4n) is 1.14. The molecule has 94 valence electrons. The molecule has 0 aliphatic heterocycles. The van der Waals surface area contributed by atoms with Gasteiger partial charge in [0.15, 0.2) is 16.9 Å². The Kier molecular flexibility index (Phi) is 5.76. The van der Waals surface area contributed by atoms with Gasteiger partial charge in [0.2, 0.25) is 0 Å². The number of hydrogen-bond donors (Lipinski definition) is 2.